The maximum atomic E-state index is 12.6. The largest absolute Gasteiger partial charge is 0.476 e. The first kappa shape index (κ1) is 22.7. The molecule has 0 saturated carbocycles. The molecule has 0 radical (unpaired) electrons. The van der Waals surface area contributed by atoms with Gasteiger partial charge in [-0.3, -0.25) is 10.2 Å². The molecule has 1 aromatic heterocycles. The Morgan fingerprint density at radius 2 is 1.75 bits per heavy atom. The summed E-state index contributed by atoms with van der Waals surface area (Å²) in [6.07, 6.45) is 0. The number of halogens is 1. The van der Waals surface area contributed by atoms with Crippen molar-refractivity contribution in [1.82, 2.24) is 14.9 Å². The number of anilines is 3. The van der Waals surface area contributed by atoms with E-state index in [4.69, 9.17) is 14.2 Å². The van der Waals surface area contributed by atoms with Crippen LogP contribution in [0.2, 0.25) is 0 Å². The third-order valence-corrected chi connectivity index (χ3v) is 5.80. The van der Waals surface area contributed by atoms with Crippen LogP contribution in [0.15, 0.2) is 34.8 Å². The molecule has 3 heterocycles. The first-order chi connectivity index (χ1) is 15.7. The third kappa shape index (κ3) is 6.52. The van der Waals surface area contributed by atoms with Crippen LogP contribution in [-0.2, 0) is 9.47 Å². The van der Waals surface area contributed by atoms with Gasteiger partial charge in [0, 0.05) is 43.3 Å². The summed E-state index contributed by atoms with van der Waals surface area (Å²) in [7, 11) is 0. The molecule has 2 aromatic rings. The van der Waals surface area contributed by atoms with Gasteiger partial charge in [-0.1, -0.05) is 12.1 Å². The lowest BCUT2D eigenvalue weighted by molar-refractivity contribution is 0.0320. The molecule has 2 aliphatic heterocycles. The van der Waals surface area contributed by atoms with Crippen LogP contribution in [0.25, 0.3) is 0 Å². The highest BCUT2D eigenvalue weighted by molar-refractivity contribution is 9.10. The molecule has 2 N–H and O–H groups in total. The number of carbonyl (C=O) groups is 1. The summed E-state index contributed by atoms with van der Waals surface area (Å²) in [5.74, 6) is 1.30. The van der Waals surface area contributed by atoms with Gasteiger partial charge in [-0.2, -0.15) is 9.97 Å². The van der Waals surface area contributed by atoms with Gasteiger partial charge in [0.1, 0.15) is 12.4 Å². The topological polar surface area (TPSA) is 101 Å². The number of nitrogens with one attached hydrogen (secondary N) is 2. The van der Waals surface area contributed by atoms with Crippen LogP contribution >= 0.6 is 15.9 Å². The van der Waals surface area contributed by atoms with Crippen LogP contribution in [0.5, 0.6) is 5.88 Å². The zero-order chi connectivity index (χ0) is 22.2. The second kappa shape index (κ2) is 11.4. The first-order valence-electron chi connectivity index (χ1n) is 10.6. The second-order valence-corrected chi connectivity index (χ2v) is 8.21. The van der Waals surface area contributed by atoms with Gasteiger partial charge in [-0.05, 0) is 28.1 Å². The SMILES string of the molecule is O=C(Nc1cc(OCCN2CCOCC2)nc(N2CCOCC2)n1)Nc1ccccc1Br. The number of morpholine rings is 2. The Balaban J connectivity index is 1.43. The predicted molar refractivity (Wildman–Crippen MR) is 125 cm³/mol. The molecule has 32 heavy (non-hydrogen) atoms. The normalized spacial score (nSPS) is 17.1. The van der Waals surface area contributed by atoms with Crippen LogP contribution in [0, 0.1) is 0 Å². The Morgan fingerprint density at radius 3 is 2.50 bits per heavy atom. The summed E-state index contributed by atoms with van der Waals surface area (Å²) < 4.78 is 17.5. The number of para-hydroxylation sites is 1. The van der Waals surface area contributed by atoms with Crippen molar-refractivity contribution in [2.75, 3.05) is 81.3 Å². The number of benzene rings is 1. The molecule has 0 unspecified atom stereocenters. The molecule has 2 saturated heterocycles. The fourth-order valence-corrected chi connectivity index (χ4v) is 3.78. The monoisotopic (exact) mass is 506 g/mol. The van der Waals surface area contributed by atoms with E-state index in [1.807, 2.05) is 29.2 Å². The Hall–Kier alpha value is -2.47. The average Bonchev–Trinajstić information content (AvgIpc) is 2.82. The van der Waals surface area contributed by atoms with Crippen molar-refractivity contribution < 1.29 is 19.0 Å². The quantitative estimate of drug-likeness (QED) is 0.590. The number of urea groups is 1. The standard InChI is InChI=1S/C21H27BrN6O4/c22-16-3-1-2-4-17(16)23-21(29)25-18-15-19(32-14-7-27-5-10-30-11-6-27)26-20(24-18)28-8-12-31-13-9-28/h1-4,15H,5-14H2,(H2,23,24,25,26,29). The molecule has 10 nitrogen and oxygen atoms in total. The summed E-state index contributed by atoms with van der Waals surface area (Å²) in [5.41, 5.74) is 0.662. The van der Waals surface area contributed by atoms with Crippen molar-refractivity contribution in [3.8, 4) is 5.88 Å². The highest BCUT2D eigenvalue weighted by Gasteiger charge is 2.18. The van der Waals surface area contributed by atoms with Crippen molar-refractivity contribution in [3.63, 3.8) is 0 Å². The van der Waals surface area contributed by atoms with Crippen molar-refractivity contribution in [2.24, 2.45) is 0 Å². The summed E-state index contributed by atoms with van der Waals surface area (Å²) in [5, 5.41) is 5.60. The molecule has 11 heteroatoms. The maximum Gasteiger partial charge on any atom is 0.324 e. The molecule has 2 aliphatic rings. The van der Waals surface area contributed by atoms with Crippen molar-refractivity contribution in [1.29, 1.82) is 0 Å². The van der Waals surface area contributed by atoms with E-state index in [0.717, 1.165) is 37.3 Å². The molecule has 0 aliphatic carbocycles. The molecule has 4 rings (SSSR count). The number of aromatic nitrogens is 2. The van der Waals surface area contributed by atoms with E-state index in [1.165, 1.54) is 0 Å². The van der Waals surface area contributed by atoms with Crippen molar-refractivity contribution in [3.05, 3.63) is 34.8 Å². The summed E-state index contributed by atoms with van der Waals surface area (Å²) in [4.78, 5) is 26.0. The highest BCUT2D eigenvalue weighted by atomic mass is 79.9. The second-order valence-electron chi connectivity index (χ2n) is 7.35. The first-order valence-corrected chi connectivity index (χ1v) is 11.4. The lowest BCUT2D eigenvalue weighted by Gasteiger charge is -2.28. The number of nitrogens with zero attached hydrogens (tertiary/aromatic N) is 4. The minimum atomic E-state index is -0.400. The number of rotatable bonds is 7. The van der Waals surface area contributed by atoms with E-state index in [-0.39, 0.29) is 0 Å². The molecular formula is C21H27BrN6O4. The summed E-state index contributed by atoms with van der Waals surface area (Å²) >= 11 is 3.43. The molecule has 1 aromatic carbocycles. The Bertz CT molecular complexity index is 906. The van der Waals surface area contributed by atoms with Crippen LogP contribution < -0.4 is 20.3 Å². The summed E-state index contributed by atoms with van der Waals surface area (Å²) in [6, 6.07) is 8.64. The van der Waals surface area contributed by atoms with Gasteiger partial charge in [0.15, 0.2) is 0 Å². The molecule has 0 atom stereocenters. The van der Waals surface area contributed by atoms with E-state index < -0.39 is 6.03 Å². The fraction of sp³-hybridized carbons (Fsp3) is 0.476. The van der Waals surface area contributed by atoms with E-state index in [2.05, 4.69) is 41.4 Å². The summed E-state index contributed by atoms with van der Waals surface area (Å²) in [6.45, 7) is 7.13. The van der Waals surface area contributed by atoms with Gasteiger partial charge in [0.2, 0.25) is 11.8 Å². The van der Waals surface area contributed by atoms with Crippen LogP contribution in [-0.4, -0.2) is 86.7 Å². The third-order valence-electron chi connectivity index (χ3n) is 5.11. The zero-order valence-corrected chi connectivity index (χ0v) is 19.3. The van der Waals surface area contributed by atoms with Crippen molar-refractivity contribution >= 4 is 39.4 Å². The number of hydrogen-bond acceptors (Lipinski definition) is 8. The van der Waals surface area contributed by atoms with Gasteiger partial charge in [-0.15, -0.1) is 0 Å². The molecule has 172 valence electrons. The van der Waals surface area contributed by atoms with Gasteiger partial charge < -0.3 is 24.4 Å². The molecular weight excluding hydrogens is 480 g/mol. The number of hydrogen-bond donors (Lipinski definition) is 2. The van der Waals surface area contributed by atoms with Gasteiger partial charge in [0.25, 0.3) is 0 Å². The molecule has 0 bridgehead atoms. The van der Waals surface area contributed by atoms with Crippen LogP contribution in [0.3, 0.4) is 0 Å². The molecule has 0 spiro atoms. The maximum absolute atomic E-state index is 12.6. The van der Waals surface area contributed by atoms with Gasteiger partial charge >= 0.3 is 6.03 Å². The molecule has 2 fully saturated rings. The Kier molecular flexibility index (Phi) is 8.10. The minimum absolute atomic E-state index is 0.368. The van der Waals surface area contributed by atoms with Gasteiger partial charge in [-0.25, -0.2) is 4.79 Å². The van der Waals surface area contributed by atoms with E-state index in [0.29, 0.717) is 56.2 Å². The smallest absolute Gasteiger partial charge is 0.324 e. The predicted octanol–water partition coefficient (Wildman–Crippen LogP) is 2.43. The highest BCUT2D eigenvalue weighted by Crippen LogP contribution is 2.23. The Labute approximate surface area is 195 Å². The van der Waals surface area contributed by atoms with Crippen LogP contribution in [0.4, 0.5) is 22.2 Å². The minimum Gasteiger partial charge on any atom is -0.476 e. The fourth-order valence-electron chi connectivity index (χ4n) is 3.39. The molecule has 2 amide bonds. The lowest BCUT2D eigenvalue weighted by atomic mass is 10.3. The number of amides is 2. The van der Waals surface area contributed by atoms with Crippen LogP contribution in [0.1, 0.15) is 0 Å². The van der Waals surface area contributed by atoms with Crippen molar-refractivity contribution in [2.45, 2.75) is 0 Å². The van der Waals surface area contributed by atoms with E-state index in [9.17, 15) is 4.79 Å². The lowest BCUT2D eigenvalue weighted by Crippen LogP contribution is -2.39. The number of ether oxygens (including phenoxy) is 3. The Morgan fingerprint density at radius 1 is 1.03 bits per heavy atom. The van der Waals surface area contributed by atoms with E-state index in [1.54, 1.807) is 6.07 Å². The van der Waals surface area contributed by atoms with E-state index >= 15 is 0 Å². The average molecular weight is 507 g/mol. The number of carbonyl (C=O) groups excluding carboxylic acids is 1. The van der Waals surface area contributed by atoms with Gasteiger partial charge in [0.05, 0.1) is 32.1 Å². The zero-order valence-electron chi connectivity index (χ0n) is 17.8.